The van der Waals surface area contributed by atoms with E-state index in [4.69, 9.17) is 0 Å². The van der Waals surface area contributed by atoms with Crippen LogP contribution >= 0.6 is 0 Å². The van der Waals surface area contributed by atoms with E-state index in [9.17, 15) is 4.79 Å². The lowest BCUT2D eigenvalue weighted by Crippen LogP contribution is -2.09. The van der Waals surface area contributed by atoms with Crippen molar-refractivity contribution in [3.8, 4) is 0 Å². The summed E-state index contributed by atoms with van der Waals surface area (Å²) >= 11 is 0. The first-order valence-corrected chi connectivity index (χ1v) is 5.62. The van der Waals surface area contributed by atoms with Gasteiger partial charge in [0.15, 0.2) is 5.78 Å². The number of Topliss-reactive ketones (excluding diaryl/α,β-unsaturated/α-hetero) is 1. The molecule has 1 heterocycles. The molecule has 0 aliphatic rings. The van der Waals surface area contributed by atoms with Gasteiger partial charge in [0.1, 0.15) is 0 Å². The third kappa shape index (κ3) is 3.15. The van der Waals surface area contributed by atoms with E-state index in [1.807, 2.05) is 13.0 Å². The lowest BCUT2D eigenvalue weighted by Gasteiger charge is -2.11. The molecule has 1 rings (SSSR count). The van der Waals surface area contributed by atoms with Crippen LogP contribution in [0.4, 0.5) is 0 Å². The molecule has 2 nitrogen and oxygen atoms in total. The zero-order valence-electron chi connectivity index (χ0n) is 9.79. The smallest absolute Gasteiger partial charge is 0.164 e. The van der Waals surface area contributed by atoms with Crippen molar-refractivity contribution in [1.82, 2.24) is 4.98 Å². The molecule has 0 amide bonds. The van der Waals surface area contributed by atoms with Gasteiger partial charge in [0.2, 0.25) is 0 Å². The quantitative estimate of drug-likeness (QED) is 0.689. The van der Waals surface area contributed by atoms with Crippen LogP contribution in [0.3, 0.4) is 0 Å². The number of aromatic nitrogens is 1. The Labute approximate surface area is 91.7 Å². The van der Waals surface area contributed by atoms with Gasteiger partial charge in [-0.1, -0.05) is 26.7 Å². The summed E-state index contributed by atoms with van der Waals surface area (Å²) in [6, 6.07) is 1.89. The monoisotopic (exact) mass is 205 g/mol. The SMILES string of the molecule is CCC(CC)CC(=O)c1cnccc1C. The van der Waals surface area contributed by atoms with Crippen LogP contribution in [0.2, 0.25) is 0 Å². The lowest BCUT2D eigenvalue weighted by atomic mass is 9.93. The van der Waals surface area contributed by atoms with Crippen molar-refractivity contribution in [2.24, 2.45) is 5.92 Å². The van der Waals surface area contributed by atoms with E-state index in [-0.39, 0.29) is 5.78 Å². The predicted molar refractivity (Wildman–Crippen MR) is 62.0 cm³/mol. The second-order valence-corrected chi connectivity index (χ2v) is 4.00. The maximum absolute atomic E-state index is 12.0. The Morgan fingerprint density at radius 3 is 2.60 bits per heavy atom. The molecular weight excluding hydrogens is 186 g/mol. The van der Waals surface area contributed by atoms with E-state index in [1.54, 1.807) is 12.4 Å². The highest BCUT2D eigenvalue weighted by Gasteiger charge is 2.13. The van der Waals surface area contributed by atoms with Crippen LogP contribution in [-0.4, -0.2) is 10.8 Å². The van der Waals surface area contributed by atoms with Crippen LogP contribution in [0.1, 0.15) is 49.0 Å². The molecule has 0 aromatic carbocycles. The third-order valence-electron chi connectivity index (χ3n) is 2.97. The fourth-order valence-electron chi connectivity index (χ4n) is 1.71. The number of aryl methyl sites for hydroxylation is 1. The molecule has 2 heteroatoms. The predicted octanol–water partition coefficient (Wildman–Crippen LogP) is 3.40. The molecule has 82 valence electrons. The maximum atomic E-state index is 12.0. The van der Waals surface area contributed by atoms with Crippen molar-refractivity contribution in [3.63, 3.8) is 0 Å². The molecule has 0 spiro atoms. The molecule has 0 saturated carbocycles. The number of nitrogens with zero attached hydrogens (tertiary/aromatic N) is 1. The van der Waals surface area contributed by atoms with E-state index in [0.717, 1.165) is 24.0 Å². The largest absolute Gasteiger partial charge is 0.294 e. The first kappa shape index (κ1) is 11.9. The van der Waals surface area contributed by atoms with Gasteiger partial charge in [-0.25, -0.2) is 0 Å². The Balaban J connectivity index is 2.73. The Hall–Kier alpha value is -1.18. The molecule has 0 atom stereocenters. The van der Waals surface area contributed by atoms with Crippen LogP contribution in [0.5, 0.6) is 0 Å². The number of carbonyl (C=O) groups excluding carboxylic acids is 1. The highest BCUT2D eigenvalue weighted by Crippen LogP contribution is 2.17. The fraction of sp³-hybridized carbons (Fsp3) is 0.538. The molecule has 0 saturated heterocycles. The first-order chi connectivity index (χ1) is 7.19. The minimum Gasteiger partial charge on any atom is -0.294 e. The van der Waals surface area contributed by atoms with Gasteiger partial charge in [-0.05, 0) is 24.5 Å². The maximum Gasteiger partial charge on any atom is 0.164 e. The van der Waals surface area contributed by atoms with Crippen molar-refractivity contribution < 1.29 is 4.79 Å². The van der Waals surface area contributed by atoms with Crippen molar-refractivity contribution in [2.45, 2.75) is 40.0 Å². The van der Waals surface area contributed by atoms with E-state index < -0.39 is 0 Å². The third-order valence-corrected chi connectivity index (χ3v) is 2.97. The lowest BCUT2D eigenvalue weighted by molar-refractivity contribution is 0.0958. The summed E-state index contributed by atoms with van der Waals surface area (Å²) in [7, 11) is 0. The minimum atomic E-state index is 0.231. The molecule has 1 aromatic heterocycles. The number of hydrogen-bond donors (Lipinski definition) is 0. The van der Waals surface area contributed by atoms with E-state index >= 15 is 0 Å². The van der Waals surface area contributed by atoms with Crippen molar-refractivity contribution in [2.75, 3.05) is 0 Å². The van der Waals surface area contributed by atoms with Crippen LogP contribution in [-0.2, 0) is 0 Å². The summed E-state index contributed by atoms with van der Waals surface area (Å²) in [4.78, 5) is 16.0. The fourth-order valence-corrected chi connectivity index (χ4v) is 1.71. The van der Waals surface area contributed by atoms with Gasteiger partial charge in [-0.3, -0.25) is 9.78 Å². The summed E-state index contributed by atoms with van der Waals surface area (Å²) in [6.07, 6.45) is 6.20. The van der Waals surface area contributed by atoms with E-state index in [2.05, 4.69) is 18.8 Å². The highest BCUT2D eigenvalue weighted by molar-refractivity contribution is 5.97. The second-order valence-electron chi connectivity index (χ2n) is 4.00. The molecule has 1 aromatic rings. The molecular formula is C13H19NO. The van der Waals surface area contributed by atoms with E-state index in [1.165, 1.54) is 0 Å². The Kier molecular flexibility index (Phi) is 4.47. The van der Waals surface area contributed by atoms with Crippen molar-refractivity contribution in [3.05, 3.63) is 29.6 Å². The molecule has 0 bridgehead atoms. The van der Waals surface area contributed by atoms with Gasteiger partial charge in [-0.2, -0.15) is 0 Å². The number of rotatable bonds is 5. The normalized spacial score (nSPS) is 10.7. The van der Waals surface area contributed by atoms with Gasteiger partial charge in [-0.15, -0.1) is 0 Å². The van der Waals surface area contributed by atoms with Gasteiger partial charge in [0.05, 0.1) is 0 Å². The average molecular weight is 205 g/mol. The Morgan fingerprint density at radius 2 is 2.07 bits per heavy atom. The van der Waals surface area contributed by atoms with Crippen LogP contribution in [0.25, 0.3) is 0 Å². The Morgan fingerprint density at radius 1 is 1.40 bits per heavy atom. The number of carbonyl (C=O) groups is 1. The molecule has 15 heavy (non-hydrogen) atoms. The standard InChI is InChI=1S/C13H19NO/c1-4-11(5-2)8-13(15)12-9-14-7-6-10(12)3/h6-7,9,11H,4-5,8H2,1-3H3. The Bertz CT molecular complexity index is 329. The number of pyridine rings is 1. The minimum absolute atomic E-state index is 0.231. The summed E-state index contributed by atoms with van der Waals surface area (Å²) < 4.78 is 0. The summed E-state index contributed by atoms with van der Waals surface area (Å²) in [5.74, 6) is 0.742. The van der Waals surface area contributed by atoms with E-state index in [0.29, 0.717) is 12.3 Å². The van der Waals surface area contributed by atoms with Crippen LogP contribution in [0.15, 0.2) is 18.5 Å². The molecule has 0 unspecified atom stereocenters. The zero-order chi connectivity index (χ0) is 11.3. The summed E-state index contributed by atoms with van der Waals surface area (Å²) in [5, 5.41) is 0. The summed E-state index contributed by atoms with van der Waals surface area (Å²) in [5.41, 5.74) is 1.81. The highest BCUT2D eigenvalue weighted by atomic mass is 16.1. The van der Waals surface area contributed by atoms with Gasteiger partial charge in [0.25, 0.3) is 0 Å². The zero-order valence-corrected chi connectivity index (χ0v) is 9.79. The van der Waals surface area contributed by atoms with Gasteiger partial charge in [0, 0.05) is 24.4 Å². The molecule has 0 fully saturated rings. The molecule has 0 radical (unpaired) electrons. The first-order valence-electron chi connectivity index (χ1n) is 5.62. The van der Waals surface area contributed by atoms with Gasteiger partial charge >= 0.3 is 0 Å². The number of hydrogen-bond acceptors (Lipinski definition) is 2. The molecule has 0 N–H and O–H groups in total. The topological polar surface area (TPSA) is 30.0 Å². The van der Waals surface area contributed by atoms with Gasteiger partial charge < -0.3 is 0 Å². The molecule has 0 aliphatic heterocycles. The summed E-state index contributed by atoms with van der Waals surface area (Å²) in [6.45, 7) is 6.23. The van der Waals surface area contributed by atoms with Crippen molar-refractivity contribution in [1.29, 1.82) is 0 Å². The van der Waals surface area contributed by atoms with Crippen LogP contribution < -0.4 is 0 Å². The molecule has 0 aliphatic carbocycles. The number of ketones is 1. The van der Waals surface area contributed by atoms with Crippen LogP contribution in [0, 0.1) is 12.8 Å². The van der Waals surface area contributed by atoms with Crippen molar-refractivity contribution >= 4 is 5.78 Å². The second kappa shape index (κ2) is 5.64. The average Bonchev–Trinajstić information content (AvgIpc) is 2.26.